The largest absolute Gasteiger partial charge is 0.436 e. The highest BCUT2D eigenvalue weighted by atomic mass is 19.4. The second-order valence-electron chi connectivity index (χ2n) is 6.97. The van der Waals surface area contributed by atoms with E-state index in [0.717, 1.165) is 23.5 Å². The van der Waals surface area contributed by atoms with E-state index in [1.54, 1.807) is 17.8 Å². The Balaban J connectivity index is 1.67. The van der Waals surface area contributed by atoms with Crippen molar-refractivity contribution in [1.82, 2.24) is 29.9 Å². The molecule has 1 amide bonds. The number of pyridine rings is 2. The highest BCUT2D eigenvalue weighted by Gasteiger charge is 2.40. The minimum atomic E-state index is -5.00. The van der Waals surface area contributed by atoms with Crippen molar-refractivity contribution >= 4 is 5.91 Å². The second-order valence-corrected chi connectivity index (χ2v) is 6.97. The third-order valence-corrected chi connectivity index (χ3v) is 5.01. The first-order chi connectivity index (χ1) is 14.2. The molecule has 0 saturated carbocycles. The Morgan fingerprint density at radius 3 is 2.63 bits per heavy atom. The van der Waals surface area contributed by atoms with Gasteiger partial charge in [0.15, 0.2) is 17.3 Å². The predicted octanol–water partition coefficient (Wildman–Crippen LogP) is 3.28. The fourth-order valence-electron chi connectivity index (χ4n) is 3.50. The third-order valence-electron chi connectivity index (χ3n) is 5.01. The molecule has 0 aliphatic carbocycles. The minimum Gasteiger partial charge on any atom is -0.330 e. The van der Waals surface area contributed by atoms with Gasteiger partial charge in [0, 0.05) is 25.4 Å². The molecule has 0 bridgehead atoms. The molecule has 1 aliphatic heterocycles. The van der Waals surface area contributed by atoms with E-state index in [4.69, 9.17) is 0 Å². The molecule has 1 atom stereocenters. The Morgan fingerprint density at radius 2 is 1.93 bits per heavy atom. The van der Waals surface area contributed by atoms with Crippen molar-refractivity contribution in [3.8, 4) is 5.82 Å². The van der Waals surface area contributed by atoms with Gasteiger partial charge in [0.2, 0.25) is 0 Å². The lowest BCUT2D eigenvalue weighted by Crippen LogP contribution is -2.40. The number of halogens is 4. The van der Waals surface area contributed by atoms with E-state index in [9.17, 15) is 22.4 Å². The number of alkyl halides is 3. The Bertz CT molecular complexity index is 1130. The number of fused-ring (bicyclic) bond motifs is 1. The number of carbonyl (C=O) groups is 1. The van der Waals surface area contributed by atoms with E-state index in [2.05, 4.69) is 20.3 Å². The van der Waals surface area contributed by atoms with Gasteiger partial charge in [-0.2, -0.15) is 17.9 Å². The van der Waals surface area contributed by atoms with Crippen LogP contribution in [0.3, 0.4) is 0 Å². The summed E-state index contributed by atoms with van der Waals surface area (Å²) in [5, 5.41) is 8.27. The quantitative estimate of drug-likeness (QED) is 0.595. The molecule has 11 heteroatoms. The maximum Gasteiger partial charge on any atom is 0.436 e. The monoisotopic (exact) mass is 420 g/mol. The van der Waals surface area contributed by atoms with E-state index in [1.165, 1.54) is 4.90 Å². The molecule has 30 heavy (non-hydrogen) atoms. The first kappa shape index (κ1) is 19.9. The van der Waals surface area contributed by atoms with Crippen molar-refractivity contribution in [3.63, 3.8) is 0 Å². The summed E-state index contributed by atoms with van der Waals surface area (Å²) >= 11 is 0. The van der Waals surface area contributed by atoms with E-state index in [0.29, 0.717) is 17.9 Å². The molecule has 4 heterocycles. The third kappa shape index (κ3) is 3.29. The van der Waals surface area contributed by atoms with Gasteiger partial charge < -0.3 is 4.90 Å². The number of aromatic nitrogens is 5. The minimum absolute atomic E-state index is 0.162. The molecule has 3 aromatic rings. The number of carbonyl (C=O) groups excluding carboxylic acids is 1. The molecule has 0 N–H and O–H groups in total. The van der Waals surface area contributed by atoms with Crippen molar-refractivity contribution < 1.29 is 22.4 Å². The first-order valence-corrected chi connectivity index (χ1v) is 9.08. The van der Waals surface area contributed by atoms with Gasteiger partial charge in [-0.1, -0.05) is 5.21 Å². The van der Waals surface area contributed by atoms with Crippen molar-refractivity contribution in [2.24, 2.45) is 0 Å². The molecule has 3 aromatic heterocycles. The van der Waals surface area contributed by atoms with Gasteiger partial charge >= 0.3 is 6.18 Å². The van der Waals surface area contributed by atoms with E-state index in [-0.39, 0.29) is 6.54 Å². The van der Waals surface area contributed by atoms with Crippen LogP contribution in [-0.2, 0) is 12.6 Å². The second kappa shape index (κ2) is 7.15. The standard InChI is InChI=1S/C19H16F4N6O/c1-10-3-6-24-14(9-10)29-13-5-8-28(11(2)16(13)26-27-29)18(30)12-4-7-25-17(15(12)20)19(21,22)23/h3-4,6-7,9,11H,5,8H2,1-2H3/t11-/m0/s1. The van der Waals surface area contributed by atoms with Gasteiger partial charge in [0.25, 0.3) is 5.91 Å². The lowest BCUT2D eigenvalue weighted by Gasteiger charge is -2.32. The van der Waals surface area contributed by atoms with Crippen LogP contribution in [0.25, 0.3) is 5.82 Å². The summed E-state index contributed by atoms with van der Waals surface area (Å²) in [6.45, 7) is 3.74. The van der Waals surface area contributed by atoms with Gasteiger partial charge in [-0.3, -0.25) is 4.79 Å². The van der Waals surface area contributed by atoms with Crippen LogP contribution in [0.1, 0.15) is 46.0 Å². The predicted molar refractivity (Wildman–Crippen MR) is 96.2 cm³/mol. The molecule has 4 rings (SSSR count). The zero-order chi connectivity index (χ0) is 21.6. The summed E-state index contributed by atoms with van der Waals surface area (Å²) in [5.74, 6) is -1.96. The summed E-state index contributed by atoms with van der Waals surface area (Å²) in [7, 11) is 0. The van der Waals surface area contributed by atoms with Crippen LogP contribution in [0.2, 0.25) is 0 Å². The fraction of sp³-hybridized carbons (Fsp3) is 0.316. The summed E-state index contributed by atoms with van der Waals surface area (Å²) in [6.07, 6.45) is -2.23. The van der Waals surface area contributed by atoms with Gasteiger partial charge in [0.05, 0.1) is 17.3 Å². The number of amides is 1. The molecule has 0 saturated heterocycles. The van der Waals surface area contributed by atoms with E-state index in [1.807, 2.05) is 19.1 Å². The highest BCUT2D eigenvalue weighted by molar-refractivity contribution is 5.95. The number of nitrogens with zero attached hydrogens (tertiary/aromatic N) is 6. The van der Waals surface area contributed by atoms with Gasteiger partial charge in [-0.25, -0.2) is 14.4 Å². The van der Waals surface area contributed by atoms with Crippen molar-refractivity contribution in [1.29, 1.82) is 0 Å². The molecule has 7 nitrogen and oxygen atoms in total. The highest BCUT2D eigenvalue weighted by Crippen LogP contribution is 2.33. The average Bonchev–Trinajstić information content (AvgIpc) is 3.12. The van der Waals surface area contributed by atoms with Crippen LogP contribution in [0.4, 0.5) is 17.6 Å². The van der Waals surface area contributed by atoms with Crippen LogP contribution in [0.15, 0.2) is 30.6 Å². The molecule has 1 aliphatic rings. The molecular formula is C19H16F4N6O. The van der Waals surface area contributed by atoms with Crippen LogP contribution in [-0.4, -0.2) is 42.3 Å². The zero-order valence-corrected chi connectivity index (χ0v) is 16.0. The van der Waals surface area contributed by atoms with Crippen molar-refractivity contribution in [2.45, 2.75) is 32.5 Å². The van der Waals surface area contributed by atoms with Crippen molar-refractivity contribution in [2.75, 3.05) is 6.54 Å². The van der Waals surface area contributed by atoms with Crippen LogP contribution in [0, 0.1) is 12.7 Å². The molecule has 0 aromatic carbocycles. The molecule has 0 radical (unpaired) electrons. The zero-order valence-electron chi connectivity index (χ0n) is 16.0. The number of aryl methyl sites for hydroxylation is 1. The van der Waals surface area contributed by atoms with Gasteiger partial charge in [-0.05, 0) is 37.6 Å². The molecule has 0 spiro atoms. The van der Waals surface area contributed by atoms with E-state index < -0.39 is 35.2 Å². The molecule has 0 unspecified atom stereocenters. The lowest BCUT2D eigenvalue weighted by molar-refractivity contribution is -0.143. The normalized spacial score (nSPS) is 16.5. The Labute approximate surface area is 168 Å². The summed E-state index contributed by atoms with van der Waals surface area (Å²) in [5.41, 5.74) is -0.173. The number of hydrogen-bond donors (Lipinski definition) is 0. The maximum atomic E-state index is 14.4. The number of rotatable bonds is 2. The summed E-state index contributed by atoms with van der Waals surface area (Å²) < 4.78 is 54.8. The fourth-order valence-corrected chi connectivity index (χ4v) is 3.50. The van der Waals surface area contributed by atoms with Crippen LogP contribution >= 0.6 is 0 Å². The average molecular weight is 420 g/mol. The Kier molecular flexibility index (Phi) is 4.75. The molecule has 156 valence electrons. The summed E-state index contributed by atoms with van der Waals surface area (Å²) in [6, 6.07) is 4.01. The topological polar surface area (TPSA) is 76.8 Å². The smallest absolute Gasteiger partial charge is 0.330 e. The Hall–Kier alpha value is -3.37. The Morgan fingerprint density at radius 1 is 1.20 bits per heavy atom. The van der Waals surface area contributed by atoms with Crippen LogP contribution in [0.5, 0.6) is 0 Å². The van der Waals surface area contributed by atoms with Gasteiger partial charge in [-0.15, -0.1) is 5.10 Å². The molecular weight excluding hydrogens is 404 g/mol. The molecule has 0 fully saturated rings. The van der Waals surface area contributed by atoms with Crippen LogP contribution < -0.4 is 0 Å². The summed E-state index contributed by atoms with van der Waals surface area (Å²) in [4.78, 5) is 21.5. The maximum absolute atomic E-state index is 14.4. The van der Waals surface area contributed by atoms with Gasteiger partial charge in [0.1, 0.15) is 5.69 Å². The number of hydrogen-bond acceptors (Lipinski definition) is 5. The lowest BCUT2D eigenvalue weighted by atomic mass is 10.0. The van der Waals surface area contributed by atoms with Crippen molar-refractivity contribution in [3.05, 3.63) is 64.6 Å². The first-order valence-electron chi connectivity index (χ1n) is 9.08. The SMILES string of the molecule is Cc1ccnc(-n2nnc3c2CCN(C(=O)c2ccnc(C(F)(F)F)c2F)[C@H]3C)c1. The van der Waals surface area contributed by atoms with E-state index >= 15 is 0 Å².